The van der Waals surface area contributed by atoms with Crippen LogP contribution in [0.3, 0.4) is 0 Å². The number of nitrogens with zero attached hydrogens (tertiary/aromatic N) is 3. The maximum absolute atomic E-state index is 5.55. The van der Waals surface area contributed by atoms with Crippen molar-refractivity contribution in [1.29, 1.82) is 0 Å². The van der Waals surface area contributed by atoms with Crippen molar-refractivity contribution in [2.24, 2.45) is 5.73 Å². The molecule has 4 nitrogen and oxygen atoms in total. The number of hydrogen-bond donors (Lipinski definition) is 1. The van der Waals surface area contributed by atoms with Crippen LogP contribution in [0.25, 0.3) is 0 Å². The predicted octanol–water partition coefficient (Wildman–Crippen LogP) is 1.55. The zero-order valence-electron chi connectivity index (χ0n) is 9.15. The van der Waals surface area contributed by atoms with Crippen molar-refractivity contribution in [2.45, 2.75) is 38.6 Å². The quantitative estimate of drug-likeness (QED) is 0.846. The van der Waals surface area contributed by atoms with Crippen LogP contribution in [0, 0.1) is 6.92 Å². The molecule has 0 amide bonds. The highest BCUT2D eigenvalue weighted by Gasteiger charge is 2.26. The molecule has 0 aliphatic carbocycles. The topological polar surface area (TPSA) is 55.0 Å². The summed E-state index contributed by atoms with van der Waals surface area (Å²) < 4.78 is 0. The van der Waals surface area contributed by atoms with Crippen LogP contribution in [-0.4, -0.2) is 29.3 Å². The van der Waals surface area contributed by atoms with E-state index in [1.807, 2.05) is 6.92 Å². The first-order valence-electron chi connectivity index (χ1n) is 5.58. The molecule has 0 saturated carbocycles. The number of hydrogen-bond acceptors (Lipinski definition) is 5. The van der Waals surface area contributed by atoms with E-state index in [9.17, 15) is 0 Å². The van der Waals surface area contributed by atoms with E-state index in [-0.39, 0.29) is 0 Å². The average Bonchev–Trinajstić information content (AvgIpc) is 2.82. The van der Waals surface area contributed by atoms with Crippen LogP contribution >= 0.6 is 11.3 Å². The van der Waals surface area contributed by atoms with E-state index in [1.54, 1.807) is 11.3 Å². The highest BCUT2D eigenvalue weighted by atomic mass is 32.1. The Morgan fingerprint density at radius 2 is 2.40 bits per heavy atom. The fourth-order valence-electron chi connectivity index (χ4n) is 2.14. The van der Waals surface area contributed by atoms with Gasteiger partial charge in [-0.05, 0) is 39.2 Å². The number of aromatic nitrogens is 2. The summed E-state index contributed by atoms with van der Waals surface area (Å²) in [5.74, 6) is 0. The van der Waals surface area contributed by atoms with Crippen molar-refractivity contribution in [3.63, 3.8) is 0 Å². The van der Waals surface area contributed by atoms with Crippen LogP contribution in [0.5, 0.6) is 0 Å². The van der Waals surface area contributed by atoms with Crippen LogP contribution < -0.4 is 10.6 Å². The Morgan fingerprint density at radius 3 is 3.07 bits per heavy atom. The maximum atomic E-state index is 5.55. The van der Waals surface area contributed by atoms with Crippen molar-refractivity contribution in [1.82, 2.24) is 10.2 Å². The second kappa shape index (κ2) is 4.90. The van der Waals surface area contributed by atoms with E-state index in [1.165, 1.54) is 19.3 Å². The molecule has 1 aromatic rings. The Morgan fingerprint density at radius 1 is 1.53 bits per heavy atom. The molecule has 2 N–H and O–H groups in total. The summed E-state index contributed by atoms with van der Waals surface area (Å²) in [5.41, 5.74) is 5.55. The Kier molecular flexibility index (Phi) is 3.53. The third kappa shape index (κ3) is 2.46. The standard InChI is InChI=1S/C10H18N4S/c1-8-12-13-10(15-8)14-7-3-5-9(14)4-2-6-11/h9H,2-7,11H2,1H3. The molecular weight excluding hydrogens is 208 g/mol. The van der Waals surface area contributed by atoms with Crippen LogP contribution in [0.1, 0.15) is 30.7 Å². The molecule has 1 aliphatic heterocycles. The van der Waals surface area contributed by atoms with Gasteiger partial charge in [-0.15, -0.1) is 10.2 Å². The first-order chi connectivity index (χ1) is 7.31. The molecule has 1 unspecified atom stereocenters. The molecule has 0 bridgehead atoms. The highest BCUT2D eigenvalue weighted by molar-refractivity contribution is 7.15. The van der Waals surface area contributed by atoms with E-state index < -0.39 is 0 Å². The van der Waals surface area contributed by atoms with Gasteiger partial charge in [-0.25, -0.2) is 0 Å². The van der Waals surface area contributed by atoms with Gasteiger partial charge in [0.1, 0.15) is 5.01 Å². The second-order valence-corrected chi connectivity index (χ2v) is 5.18. The number of anilines is 1. The van der Waals surface area contributed by atoms with Gasteiger partial charge in [0.15, 0.2) is 0 Å². The third-order valence-corrected chi connectivity index (χ3v) is 3.76. The van der Waals surface area contributed by atoms with Crippen LogP contribution in [0.15, 0.2) is 0 Å². The lowest BCUT2D eigenvalue weighted by molar-refractivity contribution is 0.583. The largest absolute Gasteiger partial charge is 0.344 e. The molecule has 2 rings (SSSR count). The van der Waals surface area contributed by atoms with Gasteiger partial charge in [0.25, 0.3) is 0 Å². The molecule has 0 radical (unpaired) electrons. The normalized spacial score (nSPS) is 21.2. The monoisotopic (exact) mass is 226 g/mol. The van der Waals surface area contributed by atoms with Gasteiger partial charge in [0.2, 0.25) is 5.13 Å². The Labute approximate surface area is 94.5 Å². The molecular formula is C10H18N4S. The van der Waals surface area contributed by atoms with Gasteiger partial charge in [0, 0.05) is 12.6 Å². The van der Waals surface area contributed by atoms with E-state index in [0.29, 0.717) is 6.04 Å². The van der Waals surface area contributed by atoms with Gasteiger partial charge in [-0.2, -0.15) is 0 Å². The predicted molar refractivity (Wildman–Crippen MR) is 63.3 cm³/mol. The fourth-order valence-corrected chi connectivity index (χ4v) is 2.93. The molecule has 1 saturated heterocycles. The van der Waals surface area contributed by atoms with Gasteiger partial charge in [-0.3, -0.25) is 0 Å². The van der Waals surface area contributed by atoms with Crippen molar-refractivity contribution >= 4 is 16.5 Å². The summed E-state index contributed by atoms with van der Waals surface area (Å²) in [4.78, 5) is 2.40. The highest BCUT2D eigenvalue weighted by Crippen LogP contribution is 2.29. The number of rotatable bonds is 4. The minimum absolute atomic E-state index is 0.640. The average molecular weight is 226 g/mol. The van der Waals surface area contributed by atoms with Gasteiger partial charge < -0.3 is 10.6 Å². The van der Waals surface area contributed by atoms with Crippen molar-refractivity contribution in [3.05, 3.63) is 5.01 Å². The molecule has 1 fully saturated rings. The van der Waals surface area contributed by atoms with Crippen molar-refractivity contribution in [3.8, 4) is 0 Å². The lowest BCUT2D eigenvalue weighted by Crippen LogP contribution is -2.29. The van der Waals surface area contributed by atoms with Crippen LogP contribution in [0.2, 0.25) is 0 Å². The fraction of sp³-hybridized carbons (Fsp3) is 0.800. The van der Waals surface area contributed by atoms with Crippen molar-refractivity contribution in [2.75, 3.05) is 18.0 Å². The molecule has 0 aromatic carbocycles. The van der Waals surface area contributed by atoms with Gasteiger partial charge >= 0.3 is 0 Å². The smallest absolute Gasteiger partial charge is 0.208 e. The molecule has 2 heterocycles. The summed E-state index contributed by atoms with van der Waals surface area (Å²) in [7, 11) is 0. The van der Waals surface area contributed by atoms with Crippen LogP contribution in [-0.2, 0) is 0 Å². The lowest BCUT2D eigenvalue weighted by atomic mass is 10.1. The maximum Gasteiger partial charge on any atom is 0.208 e. The van der Waals surface area contributed by atoms with Gasteiger partial charge in [-0.1, -0.05) is 11.3 Å². The Hall–Kier alpha value is -0.680. The van der Waals surface area contributed by atoms with E-state index in [2.05, 4.69) is 15.1 Å². The summed E-state index contributed by atoms with van der Waals surface area (Å²) in [6.07, 6.45) is 4.85. The molecule has 15 heavy (non-hydrogen) atoms. The molecule has 1 aliphatic rings. The zero-order valence-corrected chi connectivity index (χ0v) is 9.96. The molecule has 84 valence electrons. The zero-order chi connectivity index (χ0) is 10.7. The summed E-state index contributed by atoms with van der Waals surface area (Å²) >= 11 is 1.69. The third-order valence-electron chi connectivity index (χ3n) is 2.88. The summed E-state index contributed by atoms with van der Waals surface area (Å²) in [6.45, 7) is 3.93. The Bertz CT molecular complexity index is 312. The minimum atomic E-state index is 0.640. The number of nitrogens with two attached hydrogens (primary N) is 1. The lowest BCUT2D eigenvalue weighted by Gasteiger charge is -2.23. The van der Waals surface area contributed by atoms with Gasteiger partial charge in [0.05, 0.1) is 0 Å². The Balaban J connectivity index is 2.01. The molecule has 5 heteroatoms. The molecule has 1 aromatic heterocycles. The summed E-state index contributed by atoms with van der Waals surface area (Å²) in [6, 6.07) is 0.640. The SMILES string of the molecule is Cc1nnc(N2CCCC2CCCN)s1. The van der Waals surface area contributed by atoms with E-state index >= 15 is 0 Å². The van der Waals surface area contributed by atoms with Crippen molar-refractivity contribution < 1.29 is 0 Å². The van der Waals surface area contributed by atoms with E-state index in [0.717, 1.165) is 29.6 Å². The number of aryl methyl sites for hydroxylation is 1. The molecule has 0 spiro atoms. The first-order valence-corrected chi connectivity index (χ1v) is 6.39. The summed E-state index contributed by atoms with van der Waals surface area (Å²) in [5, 5.41) is 10.4. The second-order valence-electron chi connectivity index (χ2n) is 4.02. The first kappa shape index (κ1) is 10.8. The minimum Gasteiger partial charge on any atom is -0.344 e. The van der Waals surface area contributed by atoms with Crippen LogP contribution in [0.4, 0.5) is 5.13 Å². The molecule has 1 atom stereocenters. The van der Waals surface area contributed by atoms with E-state index in [4.69, 9.17) is 5.73 Å².